The molecule has 0 saturated carbocycles. The fourth-order valence-electron chi connectivity index (χ4n) is 3.33. The van der Waals surface area contributed by atoms with Crippen molar-refractivity contribution in [2.45, 2.75) is 24.8 Å². The zero-order valence-electron chi connectivity index (χ0n) is 9.07. The Kier molecular flexibility index (Phi) is 2.04. The molecule has 1 aromatic carbocycles. The monoisotopic (exact) mass is 217 g/mol. The summed E-state index contributed by atoms with van der Waals surface area (Å²) in [6.07, 6.45) is 2.65. The standard InChI is InChI=1S/C13H15NO2/c15-12(16)11-6-8-14-13(11)7-5-9-3-1-2-4-10(9)13/h1-4,11,14H,5-8H2,(H,15,16). The first-order valence-electron chi connectivity index (χ1n) is 5.80. The summed E-state index contributed by atoms with van der Waals surface area (Å²) >= 11 is 0. The molecule has 3 rings (SSSR count). The minimum absolute atomic E-state index is 0.267. The van der Waals surface area contributed by atoms with Crippen LogP contribution in [0.5, 0.6) is 0 Å². The molecule has 2 N–H and O–H groups in total. The molecular weight excluding hydrogens is 202 g/mol. The average molecular weight is 217 g/mol. The van der Waals surface area contributed by atoms with Crippen LogP contribution in [0.4, 0.5) is 0 Å². The van der Waals surface area contributed by atoms with E-state index in [1.165, 1.54) is 11.1 Å². The van der Waals surface area contributed by atoms with Gasteiger partial charge in [0.2, 0.25) is 0 Å². The van der Waals surface area contributed by atoms with Gasteiger partial charge >= 0.3 is 5.97 Å². The van der Waals surface area contributed by atoms with E-state index in [-0.39, 0.29) is 11.5 Å². The highest BCUT2D eigenvalue weighted by atomic mass is 16.4. The summed E-state index contributed by atoms with van der Waals surface area (Å²) in [5.41, 5.74) is 2.23. The predicted molar refractivity (Wildman–Crippen MR) is 60.2 cm³/mol. The third-order valence-corrected chi connectivity index (χ3v) is 4.05. The SMILES string of the molecule is O=C(O)C1CCNC12CCc1ccccc12. The zero-order chi connectivity index (χ0) is 11.2. The Morgan fingerprint density at radius 3 is 3.06 bits per heavy atom. The molecule has 1 aromatic rings. The number of hydrogen-bond donors (Lipinski definition) is 2. The van der Waals surface area contributed by atoms with Gasteiger partial charge < -0.3 is 10.4 Å². The van der Waals surface area contributed by atoms with Gasteiger partial charge in [-0.3, -0.25) is 4.79 Å². The van der Waals surface area contributed by atoms with Crippen LogP contribution >= 0.6 is 0 Å². The average Bonchev–Trinajstić information content (AvgIpc) is 2.86. The minimum Gasteiger partial charge on any atom is -0.481 e. The number of aryl methyl sites for hydroxylation is 1. The first-order valence-corrected chi connectivity index (χ1v) is 5.80. The lowest BCUT2D eigenvalue weighted by Gasteiger charge is -2.30. The van der Waals surface area contributed by atoms with Gasteiger partial charge in [0.1, 0.15) is 0 Å². The number of hydrogen-bond acceptors (Lipinski definition) is 2. The van der Waals surface area contributed by atoms with E-state index in [2.05, 4.69) is 17.4 Å². The van der Waals surface area contributed by atoms with Crippen molar-refractivity contribution < 1.29 is 9.90 Å². The lowest BCUT2D eigenvalue weighted by molar-refractivity contribution is -0.143. The van der Waals surface area contributed by atoms with Crippen molar-refractivity contribution in [2.24, 2.45) is 5.92 Å². The third kappa shape index (κ3) is 1.15. The molecular formula is C13H15NO2. The number of carbonyl (C=O) groups is 1. The number of carboxylic acids is 1. The van der Waals surface area contributed by atoms with Gasteiger partial charge in [0.15, 0.2) is 0 Å². The van der Waals surface area contributed by atoms with Crippen LogP contribution in [0.2, 0.25) is 0 Å². The molecule has 0 aromatic heterocycles. The van der Waals surface area contributed by atoms with Gasteiger partial charge in [0.05, 0.1) is 11.5 Å². The molecule has 3 nitrogen and oxygen atoms in total. The van der Waals surface area contributed by atoms with Gasteiger partial charge in [0.25, 0.3) is 0 Å². The molecule has 0 radical (unpaired) electrons. The molecule has 1 aliphatic heterocycles. The first-order chi connectivity index (χ1) is 7.74. The number of aliphatic carboxylic acids is 1. The second kappa shape index (κ2) is 3.32. The van der Waals surface area contributed by atoms with Crippen LogP contribution in [0.3, 0.4) is 0 Å². The van der Waals surface area contributed by atoms with E-state index < -0.39 is 5.97 Å². The van der Waals surface area contributed by atoms with Crippen molar-refractivity contribution in [3.8, 4) is 0 Å². The van der Waals surface area contributed by atoms with Crippen molar-refractivity contribution in [1.29, 1.82) is 0 Å². The van der Waals surface area contributed by atoms with Crippen molar-refractivity contribution in [3.05, 3.63) is 35.4 Å². The molecule has 1 spiro atoms. The van der Waals surface area contributed by atoms with Crippen LogP contribution in [0.25, 0.3) is 0 Å². The van der Waals surface area contributed by atoms with Crippen molar-refractivity contribution in [1.82, 2.24) is 5.32 Å². The Bertz CT molecular complexity index is 443. The molecule has 84 valence electrons. The van der Waals surface area contributed by atoms with E-state index in [9.17, 15) is 9.90 Å². The summed E-state index contributed by atoms with van der Waals surface area (Å²) in [5.74, 6) is -0.933. The van der Waals surface area contributed by atoms with Gasteiger partial charge in [0, 0.05) is 0 Å². The Labute approximate surface area is 94.5 Å². The van der Waals surface area contributed by atoms with Crippen molar-refractivity contribution >= 4 is 5.97 Å². The van der Waals surface area contributed by atoms with Crippen LogP contribution in [0.15, 0.2) is 24.3 Å². The molecule has 2 unspecified atom stereocenters. The smallest absolute Gasteiger partial charge is 0.308 e. The first kappa shape index (κ1) is 9.85. The second-order valence-corrected chi connectivity index (χ2v) is 4.73. The topological polar surface area (TPSA) is 49.3 Å². The summed E-state index contributed by atoms with van der Waals surface area (Å²) in [7, 11) is 0. The van der Waals surface area contributed by atoms with E-state index in [1.54, 1.807) is 0 Å². The summed E-state index contributed by atoms with van der Waals surface area (Å²) in [4.78, 5) is 11.3. The Balaban J connectivity index is 2.10. The van der Waals surface area contributed by atoms with E-state index >= 15 is 0 Å². The molecule has 1 heterocycles. The van der Waals surface area contributed by atoms with Crippen LogP contribution in [0.1, 0.15) is 24.0 Å². The molecule has 1 fully saturated rings. The summed E-state index contributed by atoms with van der Waals surface area (Å²) < 4.78 is 0. The number of rotatable bonds is 1. The second-order valence-electron chi connectivity index (χ2n) is 4.73. The quantitative estimate of drug-likeness (QED) is 0.750. The third-order valence-electron chi connectivity index (χ3n) is 4.05. The Morgan fingerprint density at radius 1 is 1.44 bits per heavy atom. The zero-order valence-corrected chi connectivity index (χ0v) is 9.07. The molecule has 2 atom stereocenters. The molecule has 3 heteroatoms. The maximum atomic E-state index is 11.3. The molecule has 1 saturated heterocycles. The van der Waals surface area contributed by atoms with Gasteiger partial charge in [-0.2, -0.15) is 0 Å². The van der Waals surface area contributed by atoms with Crippen LogP contribution in [-0.2, 0) is 16.8 Å². The van der Waals surface area contributed by atoms with Crippen LogP contribution in [-0.4, -0.2) is 17.6 Å². The molecule has 16 heavy (non-hydrogen) atoms. The highest BCUT2D eigenvalue weighted by Gasteiger charge is 2.50. The maximum absolute atomic E-state index is 11.3. The van der Waals surface area contributed by atoms with Gasteiger partial charge in [-0.05, 0) is 36.9 Å². The van der Waals surface area contributed by atoms with Crippen molar-refractivity contribution in [2.75, 3.05) is 6.54 Å². The van der Waals surface area contributed by atoms with Crippen LogP contribution < -0.4 is 5.32 Å². The number of carboxylic acid groups (broad SMARTS) is 1. The number of fused-ring (bicyclic) bond motifs is 2. The van der Waals surface area contributed by atoms with Gasteiger partial charge in [-0.25, -0.2) is 0 Å². The molecule has 1 aliphatic carbocycles. The van der Waals surface area contributed by atoms with Crippen molar-refractivity contribution in [3.63, 3.8) is 0 Å². The highest BCUT2D eigenvalue weighted by molar-refractivity contribution is 5.73. The normalized spacial score (nSPS) is 31.9. The molecule has 0 bridgehead atoms. The molecule has 2 aliphatic rings. The molecule has 0 amide bonds. The number of benzene rings is 1. The Hall–Kier alpha value is -1.35. The predicted octanol–water partition coefficient (Wildman–Crippen LogP) is 1.52. The van der Waals surface area contributed by atoms with E-state index in [0.29, 0.717) is 0 Å². The fraction of sp³-hybridized carbons (Fsp3) is 0.462. The summed E-state index contributed by atoms with van der Waals surface area (Å²) in [5, 5.41) is 12.8. The summed E-state index contributed by atoms with van der Waals surface area (Å²) in [6, 6.07) is 8.23. The van der Waals surface area contributed by atoms with Crippen LogP contribution in [0, 0.1) is 5.92 Å². The van der Waals surface area contributed by atoms with E-state index in [4.69, 9.17) is 0 Å². The van der Waals surface area contributed by atoms with Gasteiger partial charge in [-0.15, -0.1) is 0 Å². The highest BCUT2D eigenvalue weighted by Crippen LogP contribution is 2.46. The van der Waals surface area contributed by atoms with E-state index in [0.717, 1.165) is 25.8 Å². The van der Waals surface area contributed by atoms with E-state index in [1.807, 2.05) is 12.1 Å². The minimum atomic E-state index is -0.665. The largest absolute Gasteiger partial charge is 0.481 e. The fourth-order valence-corrected chi connectivity index (χ4v) is 3.33. The summed E-state index contributed by atoms with van der Waals surface area (Å²) in [6.45, 7) is 0.811. The Morgan fingerprint density at radius 2 is 2.25 bits per heavy atom. The maximum Gasteiger partial charge on any atom is 0.308 e. The van der Waals surface area contributed by atoms with Gasteiger partial charge in [-0.1, -0.05) is 24.3 Å². The number of nitrogens with one attached hydrogen (secondary N) is 1. The lowest BCUT2D eigenvalue weighted by atomic mass is 9.80. The lowest BCUT2D eigenvalue weighted by Crippen LogP contribution is -2.42.